The zero-order valence-electron chi connectivity index (χ0n) is 11.4. The topological polar surface area (TPSA) is 9.23 Å². The molecular weight excluding hydrogens is 380 g/mol. The number of hydrogen-bond donors (Lipinski definition) is 0. The number of hydrogen-bond acceptors (Lipinski definition) is 1. The number of benzene rings is 2. The zero-order chi connectivity index (χ0) is 14.0. The highest BCUT2D eigenvalue weighted by Crippen LogP contribution is 2.40. The van der Waals surface area contributed by atoms with Crippen LogP contribution < -0.4 is 4.74 Å². The van der Waals surface area contributed by atoms with Crippen LogP contribution in [0.3, 0.4) is 0 Å². The van der Waals surface area contributed by atoms with Crippen molar-refractivity contribution in [3.8, 4) is 5.75 Å². The Hall–Kier alpha value is -0.540. The van der Waals surface area contributed by atoms with Crippen molar-refractivity contribution in [2.45, 2.75) is 25.7 Å². The summed E-state index contributed by atoms with van der Waals surface area (Å²) in [5, 5.41) is 3.51. The normalized spacial score (nSPS) is 17.5. The lowest BCUT2D eigenvalue weighted by Crippen LogP contribution is -2.26. The van der Waals surface area contributed by atoms with Crippen LogP contribution in [0.2, 0.25) is 0 Å². The fraction of sp³-hybridized carbons (Fsp3) is 0.412. The molecule has 2 aromatic rings. The Kier molecular flexibility index (Phi) is 4.37. The van der Waals surface area contributed by atoms with Gasteiger partial charge in [0, 0.05) is 15.2 Å². The van der Waals surface area contributed by atoms with Crippen molar-refractivity contribution in [3.05, 3.63) is 40.9 Å². The first kappa shape index (κ1) is 14.4. The maximum atomic E-state index is 6.08. The minimum atomic E-state index is 0.342. The van der Waals surface area contributed by atoms with Gasteiger partial charge in [-0.15, -0.1) is 0 Å². The van der Waals surface area contributed by atoms with Gasteiger partial charge in [-0.2, -0.15) is 0 Å². The molecule has 106 valence electrons. The van der Waals surface area contributed by atoms with Crippen LogP contribution in [-0.2, 0) is 0 Å². The van der Waals surface area contributed by atoms with E-state index in [0.717, 1.165) is 22.2 Å². The molecule has 0 saturated heterocycles. The number of halogens is 2. The van der Waals surface area contributed by atoms with E-state index in [2.05, 4.69) is 68.3 Å². The van der Waals surface area contributed by atoms with Crippen LogP contribution in [0.4, 0.5) is 0 Å². The van der Waals surface area contributed by atoms with Crippen molar-refractivity contribution in [1.82, 2.24) is 0 Å². The second kappa shape index (κ2) is 6.07. The molecule has 1 fully saturated rings. The zero-order valence-corrected chi connectivity index (χ0v) is 14.5. The average Bonchev–Trinajstić information content (AvgIpc) is 2.94. The summed E-state index contributed by atoms with van der Waals surface area (Å²) in [6, 6.07) is 12.7. The van der Waals surface area contributed by atoms with E-state index < -0.39 is 0 Å². The first-order chi connectivity index (χ1) is 9.71. The van der Waals surface area contributed by atoms with Crippen molar-refractivity contribution in [2.24, 2.45) is 5.41 Å². The molecule has 1 saturated carbocycles. The molecule has 0 N–H and O–H groups in total. The standard InChI is InChI=1S/C17H18Br2O/c18-11-17(7-1-2-8-17)12-20-16-6-4-13-9-15(19)5-3-14(13)10-16/h3-6,9-10H,1-2,7-8,11-12H2. The van der Waals surface area contributed by atoms with E-state index in [1.165, 1.54) is 36.5 Å². The van der Waals surface area contributed by atoms with Crippen LogP contribution >= 0.6 is 31.9 Å². The predicted octanol–water partition coefficient (Wildman–Crippen LogP) is 5.94. The van der Waals surface area contributed by atoms with Gasteiger partial charge in [-0.25, -0.2) is 0 Å². The van der Waals surface area contributed by atoms with Gasteiger partial charge in [0.05, 0.1) is 6.61 Å². The molecule has 0 spiro atoms. The molecular formula is C17H18Br2O. The van der Waals surface area contributed by atoms with E-state index in [4.69, 9.17) is 4.74 Å². The Bertz CT molecular complexity index is 603. The van der Waals surface area contributed by atoms with Crippen molar-refractivity contribution in [1.29, 1.82) is 0 Å². The van der Waals surface area contributed by atoms with Crippen LogP contribution in [0.15, 0.2) is 40.9 Å². The molecule has 2 aromatic carbocycles. The smallest absolute Gasteiger partial charge is 0.119 e. The third-order valence-corrected chi connectivity index (χ3v) is 5.95. The summed E-state index contributed by atoms with van der Waals surface area (Å²) in [6.07, 6.45) is 5.22. The molecule has 0 unspecified atom stereocenters. The Morgan fingerprint density at radius 1 is 1.00 bits per heavy atom. The number of ether oxygens (including phenoxy) is 1. The van der Waals surface area contributed by atoms with E-state index in [-0.39, 0.29) is 0 Å². The molecule has 0 amide bonds. The van der Waals surface area contributed by atoms with E-state index in [9.17, 15) is 0 Å². The molecule has 0 atom stereocenters. The highest BCUT2D eigenvalue weighted by atomic mass is 79.9. The van der Waals surface area contributed by atoms with Gasteiger partial charge in [0.25, 0.3) is 0 Å². The van der Waals surface area contributed by atoms with Crippen LogP contribution in [0, 0.1) is 5.41 Å². The molecule has 1 nitrogen and oxygen atoms in total. The highest BCUT2D eigenvalue weighted by Gasteiger charge is 2.33. The van der Waals surface area contributed by atoms with Gasteiger partial charge in [0.1, 0.15) is 5.75 Å². The molecule has 20 heavy (non-hydrogen) atoms. The molecule has 1 aliphatic carbocycles. The largest absolute Gasteiger partial charge is 0.493 e. The number of rotatable bonds is 4. The van der Waals surface area contributed by atoms with Gasteiger partial charge in [0.15, 0.2) is 0 Å². The summed E-state index contributed by atoms with van der Waals surface area (Å²) < 4.78 is 7.19. The van der Waals surface area contributed by atoms with Gasteiger partial charge in [-0.05, 0) is 47.9 Å². The summed E-state index contributed by atoms with van der Waals surface area (Å²) in [6.45, 7) is 0.820. The van der Waals surface area contributed by atoms with Crippen LogP contribution in [0.5, 0.6) is 5.75 Å². The van der Waals surface area contributed by atoms with Gasteiger partial charge in [-0.1, -0.05) is 56.8 Å². The third-order valence-electron chi connectivity index (χ3n) is 4.27. The first-order valence-corrected chi connectivity index (χ1v) is 9.00. The van der Waals surface area contributed by atoms with E-state index >= 15 is 0 Å². The Morgan fingerprint density at radius 2 is 1.70 bits per heavy atom. The number of fused-ring (bicyclic) bond motifs is 1. The van der Waals surface area contributed by atoms with Crippen molar-refractivity contribution >= 4 is 42.6 Å². The fourth-order valence-electron chi connectivity index (χ4n) is 2.96. The van der Waals surface area contributed by atoms with Crippen molar-refractivity contribution in [3.63, 3.8) is 0 Å². The van der Waals surface area contributed by atoms with Crippen LogP contribution in [0.1, 0.15) is 25.7 Å². The minimum absolute atomic E-state index is 0.342. The monoisotopic (exact) mass is 396 g/mol. The second-order valence-corrected chi connectivity index (χ2v) is 7.26. The molecule has 0 heterocycles. The quantitative estimate of drug-likeness (QED) is 0.580. The molecule has 1 aliphatic rings. The SMILES string of the molecule is BrCC1(COc2ccc3cc(Br)ccc3c2)CCCC1. The summed E-state index contributed by atoms with van der Waals surface area (Å²) in [5.41, 5.74) is 0.342. The minimum Gasteiger partial charge on any atom is -0.493 e. The fourth-order valence-corrected chi connectivity index (χ4v) is 4.06. The highest BCUT2D eigenvalue weighted by molar-refractivity contribution is 9.10. The van der Waals surface area contributed by atoms with Gasteiger partial charge >= 0.3 is 0 Å². The number of alkyl halides is 1. The second-order valence-electron chi connectivity index (χ2n) is 5.78. The molecule has 0 aromatic heterocycles. The van der Waals surface area contributed by atoms with Crippen molar-refractivity contribution in [2.75, 3.05) is 11.9 Å². The third kappa shape index (κ3) is 3.04. The first-order valence-electron chi connectivity index (χ1n) is 7.09. The molecule has 3 heteroatoms. The van der Waals surface area contributed by atoms with Crippen molar-refractivity contribution < 1.29 is 4.74 Å². The molecule has 0 radical (unpaired) electrons. The van der Waals surface area contributed by atoms with Gasteiger partial charge in [-0.3, -0.25) is 0 Å². The Morgan fingerprint density at radius 3 is 2.45 bits per heavy atom. The summed E-state index contributed by atoms with van der Waals surface area (Å²) >= 11 is 7.18. The lowest BCUT2D eigenvalue weighted by atomic mass is 9.90. The van der Waals surface area contributed by atoms with E-state index in [0.29, 0.717) is 5.41 Å². The average molecular weight is 398 g/mol. The maximum absolute atomic E-state index is 6.08. The molecule has 0 aliphatic heterocycles. The molecule has 3 rings (SSSR count). The maximum Gasteiger partial charge on any atom is 0.119 e. The van der Waals surface area contributed by atoms with E-state index in [1.807, 2.05) is 0 Å². The predicted molar refractivity (Wildman–Crippen MR) is 91.8 cm³/mol. The Labute approximate surface area is 137 Å². The van der Waals surface area contributed by atoms with Crippen LogP contribution in [0.25, 0.3) is 10.8 Å². The lowest BCUT2D eigenvalue weighted by Gasteiger charge is -2.26. The summed E-state index contributed by atoms with van der Waals surface area (Å²) in [4.78, 5) is 0. The molecule has 0 bridgehead atoms. The van der Waals surface area contributed by atoms with Gasteiger partial charge in [0.2, 0.25) is 0 Å². The lowest BCUT2D eigenvalue weighted by molar-refractivity contribution is 0.174. The summed E-state index contributed by atoms with van der Waals surface area (Å²) in [7, 11) is 0. The Balaban J connectivity index is 1.76. The summed E-state index contributed by atoms with van der Waals surface area (Å²) in [5.74, 6) is 0.979. The van der Waals surface area contributed by atoms with E-state index in [1.54, 1.807) is 0 Å². The van der Waals surface area contributed by atoms with Gasteiger partial charge < -0.3 is 4.74 Å². The van der Waals surface area contributed by atoms with Crippen LogP contribution in [-0.4, -0.2) is 11.9 Å².